The van der Waals surface area contributed by atoms with Gasteiger partial charge in [-0.25, -0.2) is 0 Å². The fourth-order valence-corrected chi connectivity index (χ4v) is 4.52. The van der Waals surface area contributed by atoms with Crippen molar-refractivity contribution < 1.29 is 19.1 Å². The number of fused-ring (bicyclic) bond motifs is 1. The lowest BCUT2D eigenvalue weighted by atomic mass is 9.77. The van der Waals surface area contributed by atoms with Crippen LogP contribution in [-0.2, 0) is 25.6 Å². The summed E-state index contributed by atoms with van der Waals surface area (Å²) in [6.07, 6.45) is 6.55. The average molecular weight is 369 g/mol. The van der Waals surface area contributed by atoms with Gasteiger partial charge >= 0.3 is 5.97 Å². The van der Waals surface area contributed by atoms with Gasteiger partial charge in [0.05, 0.1) is 25.2 Å². The highest BCUT2D eigenvalue weighted by Gasteiger charge is 2.67. The number of unbranched alkanes of at least 4 members (excludes halogenated alkanes) is 2. The summed E-state index contributed by atoms with van der Waals surface area (Å²) in [7, 11) is 0. The van der Waals surface area contributed by atoms with E-state index in [2.05, 4.69) is 6.92 Å². The molecule has 4 rings (SSSR count). The Balaban J connectivity index is 1.47. The highest BCUT2D eigenvalue weighted by Crippen LogP contribution is 2.52. The zero-order chi connectivity index (χ0) is 19.0. The maximum absolute atomic E-state index is 13.1. The molecule has 1 unspecified atom stereocenters. The molecule has 3 aliphatic heterocycles. The second-order valence-corrected chi connectivity index (χ2v) is 7.95. The molecule has 0 saturated carbocycles. The van der Waals surface area contributed by atoms with Gasteiger partial charge in [-0.15, -0.1) is 0 Å². The second-order valence-electron chi connectivity index (χ2n) is 7.95. The number of rotatable bonds is 7. The van der Waals surface area contributed by atoms with Gasteiger partial charge in [0.25, 0.3) is 0 Å². The molecular formula is C22H27NO4. The third kappa shape index (κ3) is 3.18. The molecule has 1 spiro atoms. The summed E-state index contributed by atoms with van der Waals surface area (Å²) < 4.78 is 11.6. The predicted octanol–water partition coefficient (Wildman–Crippen LogP) is 3.01. The summed E-state index contributed by atoms with van der Waals surface area (Å²) in [5.41, 5.74) is 1.61. The zero-order valence-electron chi connectivity index (χ0n) is 16.0. The number of carbonyl (C=O) groups excluding carboxylic acids is 2. The van der Waals surface area contributed by atoms with E-state index in [9.17, 15) is 9.59 Å². The van der Waals surface area contributed by atoms with Crippen LogP contribution < -0.4 is 0 Å². The van der Waals surface area contributed by atoms with E-state index in [1.54, 1.807) is 0 Å². The number of benzene rings is 1. The minimum atomic E-state index is -0.667. The van der Waals surface area contributed by atoms with Gasteiger partial charge in [-0.3, -0.25) is 9.59 Å². The summed E-state index contributed by atoms with van der Waals surface area (Å²) in [4.78, 5) is 27.6. The van der Waals surface area contributed by atoms with E-state index in [1.165, 1.54) is 5.56 Å². The molecule has 0 N–H and O–H groups in total. The number of aryl methyl sites for hydroxylation is 1. The molecule has 144 valence electrons. The van der Waals surface area contributed by atoms with Crippen molar-refractivity contribution in [2.24, 2.45) is 11.8 Å². The van der Waals surface area contributed by atoms with E-state index in [4.69, 9.17) is 9.47 Å². The van der Waals surface area contributed by atoms with Gasteiger partial charge in [0.1, 0.15) is 11.5 Å². The van der Waals surface area contributed by atoms with Crippen molar-refractivity contribution in [2.45, 2.75) is 51.4 Å². The Kier molecular flexibility index (Phi) is 4.81. The summed E-state index contributed by atoms with van der Waals surface area (Å²) in [5, 5.41) is 0. The normalized spacial score (nSPS) is 30.8. The third-order valence-corrected chi connectivity index (χ3v) is 5.94. The Bertz CT molecular complexity index is 756. The molecule has 2 fully saturated rings. The van der Waals surface area contributed by atoms with Crippen LogP contribution in [0.5, 0.6) is 0 Å². The summed E-state index contributed by atoms with van der Waals surface area (Å²) in [5.74, 6) is -1.28. The van der Waals surface area contributed by atoms with E-state index in [-0.39, 0.29) is 18.0 Å². The van der Waals surface area contributed by atoms with Crippen LogP contribution in [0.2, 0.25) is 0 Å². The molecule has 5 nitrogen and oxygen atoms in total. The minimum Gasteiger partial charge on any atom is -0.465 e. The van der Waals surface area contributed by atoms with Crippen molar-refractivity contribution >= 4 is 11.9 Å². The summed E-state index contributed by atoms with van der Waals surface area (Å²) >= 11 is 0. The molecule has 27 heavy (non-hydrogen) atoms. The van der Waals surface area contributed by atoms with Gasteiger partial charge in [-0.05, 0) is 18.9 Å². The fourth-order valence-electron chi connectivity index (χ4n) is 4.52. The average Bonchev–Trinajstić information content (AvgIpc) is 3.29. The molecule has 3 aliphatic rings. The van der Waals surface area contributed by atoms with E-state index >= 15 is 0 Å². The molecule has 1 amide bonds. The van der Waals surface area contributed by atoms with Gasteiger partial charge in [-0.2, -0.15) is 0 Å². The van der Waals surface area contributed by atoms with Crippen molar-refractivity contribution in [1.29, 1.82) is 0 Å². The van der Waals surface area contributed by atoms with Crippen molar-refractivity contribution in [3.8, 4) is 0 Å². The molecule has 5 heteroatoms. The van der Waals surface area contributed by atoms with Crippen LogP contribution in [0.1, 0.15) is 37.3 Å². The first kappa shape index (κ1) is 18.2. The SMILES string of the molecule is CCCCCOC(=O)C1[C@@H]2C=C[C@]3(CN(Cc4ccc(C)cc4)C(=O)[C@H]13)O2. The number of likely N-dealkylation sites (tertiary alicyclic amines) is 1. The number of hydrogen-bond donors (Lipinski definition) is 0. The number of amides is 1. The maximum atomic E-state index is 13.1. The van der Waals surface area contributed by atoms with E-state index in [0.29, 0.717) is 19.7 Å². The summed E-state index contributed by atoms with van der Waals surface area (Å²) in [6, 6.07) is 8.19. The van der Waals surface area contributed by atoms with Crippen molar-refractivity contribution in [2.75, 3.05) is 13.2 Å². The number of ether oxygens (including phenoxy) is 2. The van der Waals surface area contributed by atoms with Crippen molar-refractivity contribution in [1.82, 2.24) is 4.90 Å². The Hall–Kier alpha value is -2.14. The largest absolute Gasteiger partial charge is 0.465 e. The predicted molar refractivity (Wildman–Crippen MR) is 101 cm³/mol. The molecule has 0 radical (unpaired) electrons. The summed E-state index contributed by atoms with van der Waals surface area (Å²) in [6.45, 7) is 5.61. The molecule has 3 heterocycles. The van der Waals surface area contributed by atoms with Crippen LogP contribution in [-0.4, -0.2) is 41.6 Å². The van der Waals surface area contributed by atoms with Crippen LogP contribution in [0, 0.1) is 18.8 Å². The van der Waals surface area contributed by atoms with Gasteiger partial charge in [0.2, 0.25) is 5.91 Å². The maximum Gasteiger partial charge on any atom is 0.312 e. The zero-order valence-corrected chi connectivity index (χ0v) is 16.0. The Morgan fingerprint density at radius 2 is 2.07 bits per heavy atom. The molecule has 0 aliphatic carbocycles. The molecular weight excluding hydrogens is 342 g/mol. The standard InChI is InChI=1S/C22H27NO4/c1-3-4-5-12-26-21(25)18-17-10-11-22(27-17)14-23(20(24)19(18)22)13-16-8-6-15(2)7-9-16/h6-11,17-19H,3-5,12-14H2,1-2H3/t17-,18?,19-,22+/m0/s1. The van der Waals surface area contributed by atoms with Crippen molar-refractivity contribution in [3.63, 3.8) is 0 Å². The van der Waals surface area contributed by atoms with Gasteiger partial charge < -0.3 is 14.4 Å². The molecule has 1 aromatic carbocycles. The molecule has 4 atom stereocenters. The Labute approximate surface area is 160 Å². The number of nitrogens with zero attached hydrogens (tertiary/aromatic N) is 1. The first-order chi connectivity index (χ1) is 13.0. The number of esters is 1. The lowest BCUT2D eigenvalue weighted by Crippen LogP contribution is -2.40. The lowest BCUT2D eigenvalue weighted by Gasteiger charge is -2.22. The van der Waals surface area contributed by atoms with Gasteiger partial charge in [0.15, 0.2) is 0 Å². The van der Waals surface area contributed by atoms with Gasteiger partial charge in [-0.1, -0.05) is 61.7 Å². The quantitative estimate of drug-likeness (QED) is 0.421. The van der Waals surface area contributed by atoms with E-state index < -0.39 is 17.4 Å². The number of carbonyl (C=O) groups is 2. The fraction of sp³-hybridized carbons (Fsp3) is 0.545. The van der Waals surface area contributed by atoms with Crippen molar-refractivity contribution in [3.05, 3.63) is 47.5 Å². The lowest BCUT2D eigenvalue weighted by molar-refractivity contribution is -0.154. The van der Waals surface area contributed by atoms with Crippen LogP contribution in [0.4, 0.5) is 0 Å². The van der Waals surface area contributed by atoms with E-state index in [0.717, 1.165) is 24.8 Å². The first-order valence-electron chi connectivity index (χ1n) is 9.92. The molecule has 2 bridgehead atoms. The van der Waals surface area contributed by atoms with Crippen LogP contribution in [0.3, 0.4) is 0 Å². The highest BCUT2D eigenvalue weighted by atomic mass is 16.6. The Morgan fingerprint density at radius 3 is 2.81 bits per heavy atom. The number of hydrogen-bond acceptors (Lipinski definition) is 4. The molecule has 2 saturated heterocycles. The Morgan fingerprint density at radius 1 is 1.30 bits per heavy atom. The van der Waals surface area contributed by atoms with Crippen LogP contribution >= 0.6 is 0 Å². The minimum absolute atomic E-state index is 0.00191. The van der Waals surface area contributed by atoms with Crippen LogP contribution in [0.15, 0.2) is 36.4 Å². The van der Waals surface area contributed by atoms with Gasteiger partial charge in [0, 0.05) is 6.54 Å². The smallest absolute Gasteiger partial charge is 0.312 e. The second kappa shape index (κ2) is 7.12. The first-order valence-corrected chi connectivity index (χ1v) is 9.92. The van der Waals surface area contributed by atoms with Crippen LogP contribution in [0.25, 0.3) is 0 Å². The van der Waals surface area contributed by atoms with E-state index in [1.807, 2.05) is 48.2 Å². The monoisotopic (exact) mass is 369 g/mol. The molecule has 0 aromatic heterocycles. The highest BCUT2D eigenvalue weighted by molar-refractivity contribution is 5.91. The molecule has 1 aromatic rings. The third-order valence-electron chi connectivity index (χ3n) is 5.94. The topological polar surface area (TPSA) is 55.8 Å².